The van der Waals surface area contributed by atoms with Gasteiger partial charge in [-0.1, -0.05) is 11.6 Å². The van der Waals surface area contributed by atoms with Crippen LogP contribution in [-0.4, -0.2) is 74.5 Å². The normalized spacial score (nSPS) is 19.7. The number of nitrogens with zero attached hydrogens (tertiary/aromatic N) is 2. The van der Waals surface area contributed by atoms with Gasteiger partial charge < -0.3 is 29.9 Å². The first kappa shape index (κ1) is 24.6. The summed E-state index contributed by atoms with van der Waals surface area (Å²) in [6.45, 7) is 10.0. The highest BCUT2D eigenvalue weighted by molar-refractivity contribution is 6.33. The van der Waals surface area contributed by atoms with Gasteiger partial charge in [0.15, 0.2) is 0 Å². The number of hydrogen-bond donors (Lipinski definition) is 2. The lowest BCUT2D eigenvalue weighted by Crippen LogP contribution is -2.60. The summed E-state index contributed by atoms with van der Waals surface area (Å²) in [7, 11) is 2.13. The standard InChI is InChI=1S/C23H35ClN4O4/c1-22(2,3)32-21(30)26-23(8-14-31-15-9-23)20(29)25-17-6-7-19(18(24)16-17)28-11-5-10-27(4)12-13-28/h6-7,16H,5,8-15H2,1-4H3,(H,25,29)(H,26,30). The molecule has 0 radical (unpaired) electrons. The summed E-state index contributed by atoms with van der Waals surface area (Å²) >= 11 is 6.60. The van der Waals surface area contributed by atoms with Gasteiger partial charge in [-0.25, -0.2) is 4.79 Å². The first-order valence-electron chi connectivity index (χ1n) is 11.2. The highest BCUT2D eigenvalue weighted by Gasteiger charge is 2.42. The molecule has 32 heavy (non-hydrogen) atoms. The quantitative estimate of drug-likeness (QED) is 0.706. The summed E-state index contributed by atoms with van der Waals surface area (Å²) in [6, 6.07) is 5.57. The second-order valence-corrected chi connectivity index (χ2v) is 9.99. The summed E-state index contributed by atoms with van der Waals surface area (Å²) in [6.07, 6.45) is 1.19. The van der Waals surface area contributed by atoms with Crippen molar-refractivity contribution in [3.8, 4) is 0 Å². The number of likely N-dealkylation sites (N-methyl/N-ethyl adjacent to an activating group) is 1. The lowest BCUT2D eigenvalue weighted by molar-refractivity contribution is -0.126. The molecule has 2 amide bonds. The Morgan fingerprint density at radius 1 is 1.12 bits per heavy atom. The second kappa shape index (κ2) is 10.3. The summed E-state index contributed by atoms with van der Waals surface area (Å²) in [5.41, 5.74) is -0.195. The number of carbonyl (C=O) groups is 2. The molecule has 1 aromatic carbocycles. The molecule has 2 heterocycles. The Labute approximate surface area is 195 Å². The minimum absolute atomic E-state index is 0.299. The van der Waals surface area contributed by atoms with Crippen LogP contribution in [0, 0.1) is 0 Å². The predicted molar refractivity (Wildman–Crippen MR) is 127 cm³/mol. The minimum atomic E-state index is -1.10. The molecule has 0 saturated carbocycles. The second-order valence-electron chi connectivity index (χ2n) is 9.59. The lowest BCUT2D eigenvalue weighted by atomic mass is 9.89. The Morgan fingerprint density at radius 2 is 1.84 bits per heavy atom. The van der Waals surface area contributed by atoms with Gasteiger partial charge in [0.25, 0.3) is 0 Å². The number of amides is 2. The number of hydrogen-bond acceptors (Lipinski definition) is 6. The summed E-state index contributed by atoms with van der Waals surface area (Å²) in [5.74, 6) is -0.299. The van der Waals surface area contributed by atoms with Crippen LogP contribution < -0.4 is 15.5 Å². The Balaban J connectivity index is 1.72. The Hall–Kier alpha value is -2.03. The molecule has 2 aliphatic heterocycles. The van der Waals surface area contributed by atoms with Gasteiger partial charge in [-0.05, 0) is 59.0 Å². The third-order valence-electron chi connectivity index (χ3n) is 5.79. The van der Waals surface area contributed by atoms with Crippen LogP contribution in [0.3, 0.4) is 0 Å². The van der Waals surface area contributed by atoms with Gasteiger partial charge in [-0.2, -0.15) is 0 Å². The zero-order valence-corrected chi connectivity index (χ0v) is 20.3. The SMILES string of the molecule is CN1CCCN(c2ccc(NC(=O)C3(NC(=O)OC(C)(C)C)CCOCC3)cc2Cl)CC1. The van der Waals surface area contributed by atoms with Crippen molar-refractivity contribution in [2.45, 2.75) is 51.2 Å². The molecule has 8 nitrogen and oxygen atoms in total. The average Bonchev–Trinajstić information content (AvgIpc) is 2.91. The van der Waals surface area contributed by atoms with Crippen molar-refractivity contribution in [3.63, 3.8) is 0 Å². The molecule has 178 valence electrons. The van der Waals surface area contributed by atoms with E-state index in [2.05, 4.69) is 27.5 Å². The Morgan fingerprint density at radius 3 is 2.50 bits per heavy atom. The maximum Gasteiger partial charge on any atom is 0.408 e. The Kier molecular flexibility index (Phi) is 7.90. The molecular formula is C23H35ClN4O4. The molecule has 2 fully saturated rings. The summed E-state index contributed by atoms with van der Waals surface area (Å²) in [4.78, 5) is 30.3. The van der Waals surface area contributed by atoms with Crippen LogP contribution in [0.25, 0.3) is 0 Å². The maximum atomic E-state index is 13.3. The van der Waals surface area contributed by atoms with Crippen LogP contribution >= 0.6 is 11.6 Å². The van der Waals surface area contributed by atoms with Crippen LogP contribution in [0.1, 0.15) is 40.0 Å². The van der Waals surface area contributed by atoms with Crippen molar-refractivity contribution in [3.05, 3.63) is 23.2 Å². The summed E-state index contributed by atoms with van der Waals surface area (Å²) < 4.78 is 10.8. The van der Waals surface area contributed by atoms with E-state index in [-0.39, 0.29) is 5.91 Å². The number of nitrogens with one attached hydrogen (secondary N) is 2. The third-order valence-corrected chi connectivity index (χ3v) is 6.09. The molecule has 0 bridgehead atoms. The highest BCUT2D eigenvalue weighted by Crippen LogP contribution is 2.31. The highest BCUT2D eigenvalue weighted by atomic mass is 35.5. The van der Waals surface area contributed by atoms with E-state index < -0.39 is 17.2 Å². The van der Waals surface area contributed by atoms with Crippen molar-refractivity contribution in [1.82, 2.24) is 10.2 Å². The number of halogens is 1. The van der Waals surface area contributed by atoms with Gasteiger partial charge in [0.1, 0.15) is 11.1 Å². The molecule has 9 heteroatoms. The van der Waals surface area contributed by atoms with Gasteiger partial charge in [0.2, 0.25) is 5.91 Å². The largest absolute Gasteiger partial charge is 0.444 e. The zero-order valence-electron chi connectivity index (χ0n) is 19.5. The monoisotopic (exact) mass is 466 g/mol. The number of alkyl carbamates (subject to hydrolysis) is 1. The smallest absolute Gasteiger partial charge is 0.408 e. The van der Waals surface area contributed by atoms with E-state index in [0.29, 0.717) is 36.8 Å². The molecule has 0 aromatic heterocycles. The number of benzene rings is 1. The van der Waals surface area contributed by atoms with Crippen molar-refractivity contribution >= 4 is 35.0 Å². The van der Waals surface area contributed by atoms with E-state index in [9.17, 15) is 9.59 Å². The molecule has 3 rings (SSSR count). The fourth-order valence-corrected chi connectivity index (χ4v) is 4.31. The first-order chi connectivity index (χ1) is 15.1. The van der Waals surface area contributed by atoms with Gasteiger partial charge in [0, 0.05) is 51.4 Å². The van der Waals surface area contributed by atoms with E-state index in [1.807, 2.05) is 12.1 Å². The van der Waals surface area contributed by atoms with Crippen LogP contribution in [0.4, 0.5) is 16.2 Å². The van der Waals surface area contributed by atoms with Crippen LogP contribution in [-0.2, 0) is 14.3 Å². The molecule has 0 spiro atoms. The number of carbonyl (C=O) groups excluding carboxylic acids is 2. The third kappa shape index (κ3) is 6.49. The summed E-state index contributed by atoms with van der Waals surface area (Å²) in [5, 5.41) is 6.32. The first-order valence-corrected chi connectivity index (χ1v) is 11.6. The van der Waals surface area contributed by atoms with E-state index in [4.69, 9.17) is 21.1 Å². The molecule has 0 unspecified atom stereocenters. The average molecular weight is 467 g/mol. The van der Waals surface area contributed by atoms with Gasteiger partial charge >= 0.3 is 6.09 Å². The zero-order chi connectivity index (χ0) is 23.4. The maximum absolute atomic E-state index is 13.3. The molecule has 2 aliphatic rings. The molecule has 0 atom stereocenters. The van der Waals surface area contributed by atoms with E-state index >= 15 is 0 Å². The molecule has 1 aromatic rings. The fourth-order valence-electron chi connectivity index (χ4n) is 4.01. The fraction of sp³-hybridized carbons (Fsp3) is 0.652. The van der Waals surface area contributed by atoms with Crippen molar-refractivity contribution < 1.29 is 19.1 Å². The van der Waals surface area contributed by atoms with Crippen LogP contribution in [0.2, 0.25) is 5.02 Å². The van der Waals surface area contributed by atoms with Crippen LogP contribution in [0.15, 0.2) is 18.2 Å². The number of ether oxygens (including phenoxy) is 2. The van der Waals surface area contributed by atoms with Gasteiger partial charge in [0.05, 0.1) is 10.7 Å². The number of rotatable bonds is 4. The van der Waals surface area contributed by atoms with E-state index in [0.717, 1.165) is 38.3 Å². The topological polar surface area (TPSA) is 83.1 Å². The molecule has 0 aliphatic carbocycles. The number of anilines is 2. The predicted octanol–water partition coefficient (Wildman–Crippen LogP) is 3.49. The van der Waals surface area contributed by atoms with Crippen LogP contribution in [0.5, 0.6) is 0 Å². The minimum Gasteiger partial charge on any atom is -0.444 e. The van der Waals surface area contributed by atoms with Gasteiger partial charge in [-0.15, -0.1) is 0 Å². The molecule has 2 N–H and O–H groups in total. The van der Waals surface area contributed by atoms with Crippen molar-refractivity contribution in [2.24, 2.45) is 0 Å². The van der Waals surface area contributed by atoms with Crippen molar-refractivity contribution in [2.75, 3.05) is 56.7 Å². The van der Waals surface area contributed by atoms with E-state index in [1.54, 1.807) is 26.8 Å². The van der Waals surface area contributed by atoms with Crippen molar-refractivity contribution in [1.29, 1.82) is 0 Å². The van der Waals surface area contributed by atoms with E-state index in [1.165, 1.54) is 0 Å². The Bertz CT molecular complexity index is 821. The lowest BCUT2D eigenvalue weighted by Gasteiger charge is -2.37. The molecular weight excluding hydrogens is 432 g/mol. The molecule has 2 saturated heterocycles. The van der Waals surface area contributed by atoms with Gasteiger partial charge in [-0.3, -0.25) is 4.79 Å².